The first-order valence-corrected chi connectivity index (χ1v) is 6.48. The Kier molecular flexibility index (Phi) is 4.03. The molecule has 1 heterocycles. The van der Waals surface area contributed by atoms with Crippen molar-refractivity contribution in [2.24, 2.45) is 0 Å². The van der Waals surface area contributed by atoms with Crippen molar-refractivity contribution in [3.63, 3.8) is 0 Å². The first kappa shape index (κ1) is 12.7. The summed E-state index contributed by atoms with van der Waals surface area (Å²) in [5, 5.41) is 0. The van der Waals surface area contributed by atoms with Crippen LogP contribution in [0.1, 0.15) is 43.5 Å². The van der Waals surface area contributed by atoms with Gasteiger partial charge in [-0.2, -0.15) is 0 Å². The maximum Gasteiger partial charge on any atom is 0.261 e. The van der Waals surface area contributed by atoms with Gasteiger partial charge >= 0.3 is 0 Å². The number of allylic oxidation sites excluding steroid dienone is 1. The molecule has 96 valence electrons. The summed E-state index contributed by atoms with van der Waals surface area (Å²) in [5.41, 5.74) is 1.51. The molecule has 0 saturated heterocycles. The molecule has 1 amide bonds. The maximum absolute atomic E-state index is 12.4. The zero-order chi connectivity index (χ0) is 13.0. The lowest BCUT2D eigenvalue weighted by atomic mass is 10.1. The van der Waals surface area contributed by atoms with Gasteiger partial charge in [-0.25, -0.2) is 0 Å². The second-order valence-electron chi connectivity index (χ2n) is 4.54. The van der Waals surface area contributed by atoms with Crippen molar-refractivity contribution in [1.29, 1.82) is 0 Å². The number of para-hydroxylation sites is 1. The minimum Gasteiger partial charge on any atom is -0.462 e. The van der Waals surface area contributed by atoms with Crippen LogP contribution in [0.2, 0.25) is 0 Å². The number of carbonyl (C=O) groups is 1. The van der Waals surface area contributed by atoms with Crippen molar-refractivity contribution in [1.82, 2.24) is 4.90 Å². The molecule has 1 aliphatic heterocycles. The van der Waals surface area contributed by atoms with Gasteiger partial charge in [-0.1, -0.05) is 31.9 Å². The second-order valence-corrected chi connectivity index (χ2v) is 4.54. The van der Waals surface area contributed by atoms with Crippen molar-refractivity contribution in [2.45, 2.75) is 33.1 Å². The Hall–Kier alpha value is -1.77. The Bertz CT molecular complexity index is 465. The third kappa shape index (κ3) is 2.55. The van der Waals surface area contributed by atoms with Gasteiger partial charge in [0.25, 0.3) is 5.91 Å². The molecule has 0 unspecified atom stereocenters. The fourth-order valence-electron chi connectivity index (χ4n) is 2.06. The topological polar surface area (TPSA) is 29.5 Å². The summed E-state index contributed by atoms with van der Waals surface area (Å²) >= 11 is 0. The number of fused-ring (bicyclic) bond motifs is 1. The molecule has 0 radical (unpaired) electrons. The van der Waals surface area contributed by atoms with Crippen molar-refractivity contribution in [3.8, 4) is 5.75 Å². The average molecular weight is 245 g/mol. The number of unbranched alkanes of at least 4 members (excludes halogenated alkanes) is 2. The SMILES string of the molecule is CCCCCN1C(=O)c2ccccc2OC=C1C. The van der Waals surface area contributed by atoms with Crippen molar-refractivity contribution >= 4 is 5.91 Å². The monoisotopic (exact) mass is 245 g/mol. The largest absolute Gasteiger partial charge is 0.462 e. The molecule has 0 N–H and O–H groups in total. The highest BCUT2D eigenvalue weighted by atomic mass is 16.5. The van der Waals surface area contributed by atoms with E-state index in [0.717, 1.165) is 31.5 Å². The minimum atomic E-state index is 0.0351. The van der Waals surface area contributed by atoms with Crippen LogP contribution >= 0.6 is 0 Å². The van der Waals surface area contributed by atoms with Crippen LogP contribution in [0.3, 0.4) is 0 Å². The molecule has 0 atom stereocenters. The van der Waals surface area contributed by atoms with Crippen molar-refractivity contribution in [3.05, 3.63) is 41.8 Å². The number of nitrogens with zero attached hydrogens (tertiary/aromatic N) is 1. The van der Waals surface area contributed by atoms with E-state index in [0.29, 0.717) is 11.3 Å². The van der Waals surface area contributed by atoms with E-state index in [2.05, 4.69) is 6.92 Å². The molecule has 2 rings (SSSR count). The molecule has 0 aromatic heterocycles. The lowest BCUT2D eigenvalue weighted by molar-refractivity contribution is 0.0805. The molecule has 3 nitrogen and oxygen atoms in total. The summed E-state index contributed by atoms with van der Waals surface area (Å²) in [4.78, 5) is 14.3. The van der Waals surface area contributed by atoms with E-state index in [1.54, 1.807) is 6.26 Å². The van der Waals surface area contributed by atoms with Crippen LogP contribution < -0.4 is 4.74 Å². The Morgan fingerprint density at radius 3 is 2.78 bits per heavy atom. The van der Waals surface area contributed by atoms with E-state index < -0.39 is 0 Å². The van der Waals surface area contributed by atoms with Crippen molar-refractivity contribution in [2.75, 3.05) is 6.54 Å². The smallest absolute Gasteiger partial charge is 0.261 e. The van der Waals surface area contributed by atoms with Gasteiger partial charge in [-0.3, -0.25) is 4.79 Å². The summed E-state index contributed by atoms with van der Waals surface area (Å²) in [6, 6.07) is 7.39. The van der Waals surface area contributed by atoms with Gasteiger partial charge in [-0.15, -0.1) is 0 Å². The Morgan fingerprint density at radius 1 is 1.22 bits per heavy atom. The molecular weight excluding hydrogens is 226 g/mol. The van der Waals surface area contributed by atoms with Crippen LogP contribution in [0.25, 0.3) is 0 Å². The standard InChI is InChI=1S/C15H19NO2/c1-3-4-7-10-16-12(2)11-18-14-9-6-5-8-13(14)15(16)17/h5-6,8-9,11H,3-4,7,10H2,1-2H3. The van der Waals surface area contributed by atoms with Crippen LogP contribution in [0.5, 0.6) is 5.75 Å². The van der Waals surface area contributed by atoms with E-state index in [1.165, 1.54) is 0 Å². The molecule has 0 bridgehead atoms. The van der Waals surface area contributed by atoms with Crippen LogP contribution in [0.15, 0.2) is 36.2 Å². The van der Waals surface area contributed by atoms with Gasteiger partial charge in [0.1, 0.15) is 12.0 Å². The zero-order valence-electron chi connectivity index (χ0n) is 11.0. The van der Waals surface area contributed by atoms with Crippen LogP contribution in [-0.2, 0) is 0 Å². The summed E-state index contributed by atoms with van der Waals surface area (Å²) in [5.74, 6) is 0.674. The Balaban J connectivity index is 2.22. The molecule has 0 spiro atoms. The number of carbonyl (C=O) groups excluding carboxylic acids is 1. The highest BCUT2D eigenvalue weighted by Gasteiger charge is 2.23. The van der Waals surface area contributed by atoms with Gasteiger partial charge < -0.3 is 9.64 Å². The predicted molar refractivity (Wildman–Crippen MR) is 71.4 cm³/mol. The summed E-state index contributed by atoms with van der Waals surface area (Å²) in [6.45, 7) is 4.83. The molecule has 1 aromatic carbocycles. The molecule has 0 saturated carbocycles. The number of hydrogen-bond donors (Lipinski definition) is 0. The van der Waals surface area contributed by atoms with E-state index in [9.17, 15) is 4.79 Å². The van der Waals surface area contributed by atoms with Gasteiger partial charge in [0.15, 0.2) is 0 Å². The Labute approximate surface area is 108 Å². The van der Waals surface area contributed by atoms with Crippen LogP contribution in [0, 0.1) is 0 Å². The first-order chi connectivity index (χ1) is 8.74. The van der Waals surface area contributed by atoms with E-state index in [-0.39, 0.29) is 5.91 Å². The number of ether oxygens (including phenoxy) is 1. The highest BCUT2D eigenvalue weighted by molar-refractivity contribution is 5.98. The van der Waals surface area contributed by atoms with E-state index >= 15 is 0 Å². The first-order valence-electron chi connectivity index (χ1n) is 6.48. The zero-order valence-corrected chi connectivity index (χ0v) is 11.0. The minimum absolute atomic E-state index is 0.0351. The maximum atomic E-state index is 12.4. The summed E-state index contributed by atoms with van der Waals surface area (Å²) in [7, 11) is 0. The lowest BCUT2D eigenvalue weighted by Gasteiger charge is -2.21. The molecule has 0 fully saturated rings. The normalized spacial score (nSPS) is 14.7. The Morgan fingerprint density at radius 2 is 2.00 bits per heavy atom. The fourth-order valence-corrected chi connectivity index (χ4v) is 2.06. The van der Waals surface area contributed by atoms with E-state index in [4.69, 9.17) is 4.74 Å². The number of amides is 1. The van der Waals surface area contributed by atoms with Gasteiger partial charge in [0, 0.05) is 6.54 Å². The summed E-state index contributed by atoms with van der Waals surface area (Å²) in [6.07, 6.45) is 4.97. The van der Waals surface area contributed by atoms with Crippen LogP contribution in [-0.4, -0.2) is 17.4 Å². The fraction of sp³-hybridized carbons (Fsp3) is 0.400. The summed E-state index contributed by atoms with van der Waals surface area (Å²) < 4.78 is 5.54. The van der Waals surface area contributed by atoms with Gasteiger partial charge in [0.05, 0.1) is 11.3 Å². The van der Waals surface area contributed by atoms with Gasteiger partial charge in [-0.05, 0) is 25.5 Å². The average Bonchev–Trinajstić information content (AvgIpc) is 2.51. The van der Waals surface area contributed by atoms with E-state index in [1.807, 2.05) is 36.1 Å². The molecule has 3 heteroatoms. The van der Waals surface area contributed by atoms with Crippen LogP contribution in [0.4, 0.5) is 0 Å². The number of hydrogen-bond acceptors (Lipinski definition) is 2. The second kappa shape index (κ2) is 5.71. The molecule has 18 heavy (non-hydrogen) atoms. The predicted octanol–water partition coefficient (Wildman–Crippen LogP) is 3.57. The van der Waals surface area contributed by atoms with Crippen molar-refractivity contribution < 1.29 is 9.53 Å². The molecular formula is C15H19NO2. The lowest BCUT2D eigenvalue weighted by Crippen LogP contribution is -2.29. The third-order valence-electron chi connectivity index (χ3n) is 3.13. The quantitative estimate of drug-likeness (QED) is 0.759. The third-order valence-corrected chi connectivity index (χ3v) is 3.13. The molecule has 0 aliphatic carbocycles. The number of rotatable bonds is 4. The number of benzene rings is 1. The van der Waals surface area contributed by atoms with Gasteiger partial charge in [0.2, 0.25) is 0 Å². The highest BCUT2D eigenvalue weighted by Crippen LogP contribution is 2.25. The molecule has 1 aliphatic rings. The molecule has 1 aromatic rings.